The van der Waals surface area contributed by atoms with Gasteiger partial charge >= 0.3 is 0 Å². The van der Waals surface area contributed by atoms with Gasteiger partial charge in [0.2, 0.25) is 6.23 Å². The monoisotopic (exact) mass is 307 g/mol. The van der Waals surface area contributed by atoms with Crippen LogP contribution in [0, 0.1) is 5.82 Å². The maximum absolute atomic E-state index is 13.7. The average Bonchev–Trinajstić information content (AvgIpc) is 3.08. The highest BCUT2D eigenvalue weighted by Crippen LogP contribution is 2.41. The molecule has 0 N–H and O–H groups in total. The molecule has 4 heteroatoms. The van der Waals surface area contributed by atoms with Crippen LogP contribution < -0.4 is 0 Å². The molecule has 0 spiro atoms. The van der Waals surface area contributed by atoms with Crippen LogP contribution in [0.15, 0.2) is 60.8 Å². The van der Waals surface area contributed by atoms with Gasteiger partial charge in [-0.05, 0) is 42.6 Å². The zero-order chi connectivity index (χ0) is 16.0. The number of carbonyl (C=O) groups excluding carboxylic acids is 1. The van der Waals surface area contributed by atoms with E-state index in [1.165, 1.54) is 25.1 Å². The van der Waals surface area contributed by atoms with Crippen molar-refractivity contribution in [2.24, 2.45) is 0 Å². The molecule has 0 radical (unpaired) electrons. The fraction of sp³-hybridized carbons (Fsp3) is 0.105. The number of rotatable bonds is 2. The first-order chi connectivity index (χ1) is 11.1. The molecule has 3 nitrogen and oxygen atoms in total. The molecule has 1 unspecified atom stereocenters. The Morgan fingerprint density at radius 2 is 2.04 bits per heavy atom. The van der Waals surface area contributed by atoms with Gasteiger partial charge in [0, 0.05) is 23.4 Å². The molecule has 0 fully saturated rings. The van der Waals surface area contributed by atoms with E-state index in [2.05, 4.69) is 0 Å². The normalized spacial score (nSPS) is 18.2. The van der Waals surface area contributed by atoms with Crippen LogP contribution in [0.2, 0.25) is 0 Å². The van der Waals surface area contributed by atoms with E-state index in [1.54, 1.807) is 6.07 Å². The molecule has 2 aromatic carbocycles. The molecule has 23 heavy (non-hydrogen) atoms. The van der Waals surface area contributed by atoms with Crippen molar-refractivity contribution in [3.05, 3.63) is 77.7 Å². The lowest BCUT2D eigenvalue weighted by Gasteiger charge is -2.15. The predicted octanol–water partition coefficient (Wildman–Crippen LogP) is 4.29. The van der Waals surface area contributed by atoms with Gasteiger partial charge in [0.1, 0.15) is 11.6 Å². The summed E-state index contributed by atoms with van der Waals surface area (Å²) in [4.78, 5) is 11.4. The first-order valence-electron chi connectivity index (χ1n) is 7.38. The number of fused-ring (bicyclic) bond motifs is 2. The molecule has 1 atom stereocenters. The van der Waals surface area contributed by atoms with Crippen LogP contribution in [0.25, 0.3) is 16.7 Å². The second kappa shape index (κ2) is 5.09. The van der Waals surface area contributed by atoms with Crippen LogP contribution in [-0.4, -0.2) is 10.4 Å². The Kier molecular flexibility index (Phi) is 3.05. The number of hydrogen-bond acceptors (Lipinski definition) is 2. The molecule has 0 bridgehead atoms. The third-order valence-corrected chi connectivity index (χ3v) is 4.00. The molecule has 114 valence electrons. The molecule has 1 aliphatic rings. The van der Waals surface area contributed by atoms with Gasteiger partial charge in [-0.3, -0.25) is 4.79 Å². The maximum Gasteiger partial charge on any atom is 0.203 e. The van der Waals surface area contributed by atoms with Crippen molar-refractivity contribution in [1.82, 2.24) is 4.57 Å². The van der Waals surface area contributed by atoms with E-state index in [1.807, 2.05) is 41.1 Å². The molecule has 0 amide bonds. The first kappa shape index (κ1) is 13.8. The van der Waals surface area contributed by atoms with Crippen molar-refractivity contribution in [3.8, 4) is 0 Å². The van der Waals surface area contributed by atoms with Gasteiger partial charge in [0.15, 0.2) is 5.78 Å². The molecular formula is C19H14FNO2. The van der Waals surface area contributed by atoms with Crippen molar-refractivity contribution in [2.45, 2.75) is 13.2 Å². The van der Waals surface area contributed by atoms with Gasteiger partial charge in [0.25, 0.3) is 0 Å². The van der Waals surface area contributed by atoms with Crippen LogP contribution >= 0.6 is 0 Å². The van der Waals surface area contributed by atoms with Crippen LogP contribution in [0.3, 0.4) is 0 Å². The van der Waals surface area contributed by atoms with Crippen molar-refractivity contribution in [1.29, 1.82) is 0 Å². The Balaban J connectivity index is 1.91. The number of ether oxygens (including phenoxy) is 1. The number of allylic oxidation sites excluding steroid dienone is 1. The standard InChI is InChI=1S/C19H14FNO2/c1-12(22)10-18-15-7-6-14(20)11-16(15)19(23-18)21-9-8-13-4-2-3-5-17(13)21/h2-11,19H,1H3/b18-10-. The number of hydrogen-bond donors (Lipinski definition) is 0. The third-order valence-electron chi connectivity index (χ3n) is 4.00. The number of carbonyl (C=O) groups is 1. The van der Waals surface area contributed by atoms with E-state index in [-0.39, 0.29) is 11.6 Å². The van der Waals surface area contributed by atoms with Gasteiger partial charge in [0.05, 0.1) is 5.52 Å². The summed E-state index contributed by atoms with van der Waals surface area (Å²) >= 11 is 0. The molecule has 3 aromatic rings. The summed E-state index contributed by atoms with van der Waals surface area (Å²) in [5, 5.41) is 1.08. The summed E-state index contributed by atoms with van der Waals surface area (Å²) in [6.07, 6.45) is 2.88. The Labute approximate surface area is 132 Å². The molecule has 1 aromatic heterocycles. The molecule has 0 saturated heterocycles. The molecule has 0 aliphatic carbocycles. The van der Waals surface area contributed by atoms with Crippen LogP contribution in [-0.2, 0) is 9.53 Å². The fourth-order valence-electron chi connectivity index (χ4n) is 3.02. The Bertz CT molecular complexity index is 955. The summed E-state index contributed by atoms with van der Waals surface area (Å²) in [5.74, 6) is 0.0569. The van der Waals surface area contributed by atoms with Crippen molar-refractivity contribution in [3.63, 3.8) is 0 Å². The van der Waals surface area contributed by atoms with E-state index in [0.29, 0.717) is 5.76 Å². The summed E-state index contributed by atoms with van der Waals surface area (Å²) in [6.45, 7) is 1.47. The zero-order valence-corrected chi connectivity index (χ0v) is 12.5. The van der Waals surface area contributed by atoms with E-state index in [0.717, 1.165) is 22.0 Å². The largest absolute Gasteiger partial charge is 0.465 e. The molecular weight excluding hydrogens is 293 g/mol. The Morgan fingerprint density at radius 1 is 1.22 bits per heavy atom. The highest BCUT2D eigenvalue weighted by atomic mass is 19.1. The van der Waals surface area contributed by atoms with Gasteiger partial charge in [-0.1, -0.05) is 18.2 Å². The summed E-state index contributed by atoms with van der Waals surface area (Å²) in [6, 6.07) is 14.4. The van der Waals surface area contributed by atoms with E-state index in [9.17, 15) is 9.18 Å². The summed E-state index contributed by atoms with van der Waals surface area (Å²) in [7, 11) is 0. The van der Waals surface area contributed by atoms with Crippen LogP contribution in [0.1, 0.15) is 24.3 Å². The Hall–Kier alpha value is -2.88. The smallest absolute Gasteiger partial charge is 0.203 e. The average molecular weight is 307 g/mol. The molecule has 0 saturated carbocycles. The lowest BCUT2D eigenvalue weighted by atomic mass is 10.1. The topological polar surface area (TPSA) is 31.2 Å². The summed E-state index contributed by atoms with van der Waals surface area (Å²) in [5.41, 5.74) is 2.47. The van der Waals surface area contributed by atoms with Crippen molar-refractivity contribution < 1.29 is 13.9 Å². The van der Waals surface area contributed by atoms with E-state index >= 15 is 0 Å². The number of aromatic nitrogens is 1. The lowest BCUT2D eigenvalue weighted by molar-refractivity contribution is -0.112. The highest BCUT2D eigenvalue weighted by Gasteiger charge is 2.30. The van der Waals surface area contributed by atoms with Crippen molar-refractivity contribution in [2.75, 3.05) is 0 Å². The first-order valence-corrected chi connectivity index (χ1v) is 7.38. The Morgan fingerprint density at radius 3 is 2.87 bits per heavy atom. The quantitative estimate of drug-likeness (QED) is 0.661. The molecule has 1 aliphatic heterocycles. The summed E-state index contributed by atoms with van der Waals surface area (Å²) < 4.78 is 21.7. The second-order valence-corrected chi connectivity index (χ2v) is 5.60. The SMILES string of the molecule is CC(=O)/C=C1\OC(n2ccc3ccccc32)c2cc(F)ccc21. The van der Waals surface area contributed by atoms with Crippen LogP contribution in [0.5, 0.6) is 0 Å². The van der Waals surface area contributed by atoms with E-state index < -0.39 is 6.23 Å². The zero-order valence-electron chi connectivity index (χ0n) is 12.5. The molecule has 4 rings (SSSR count). The molecule has 2 heterocycles. The fourth-order valence-corrected chi connectivity index (χ4v) is 3.02. The third kappa shape index (κ3) is 2.23. The maximum atomic E-state index is 13.7. The number of para-hydroxylation sites is 1. The lowest BCUT2D eigenvalue weighted by Crippen LogP contribution is -2.07. The van der Waals surface area contributed by atoms with Gasteiger partial charge in [-0.15, -0.1) is 0 Å². The second-order valence-electron chi connectivity index (χ2n) is 5.60. The number of benzene rings is 2. The number of nitrogens with zero attached hydrogens (tertiary/aromatic N) is 1. The minimum absolute atomic E-state index is 0.103. The van der Waals surface area contributed by atoms with Gasteiger partial charge < -0.3 is 9.30 Å². The number of ketones is 1. The minimum Gasteiger partial charge on any atom is -0.465 e. The van der Waals surface area contributed by atoms with Crippen LogP contribution in [0.4, 0.5) is 4.39 Å². The van der Waals surface area contributed by atoms with Gasteiger partial charge in [-0.2, -0.15) is 0 Å². The van der Waals surface area contributed by atoms with E-state index in [4.69, 9.17) is 4.74 Å². The minimum atomic E-state index is -0.480. The van der Waals surface area contributed by atoms with Crippen molar-refractivity contribution >= 4 is 22.4 Å². The van der Waals surface area contributed by atoms with Gasteiger partial charge in [-0.25, -0.2) is 4.39 Å². The number of halogens is 1. The predicted molar refractivity (Wildman–Crippen MR) is 86.2 cm³/mol. The highest BCUT2D eigenvalue weighted by molar-refractivity contribution is 5.94.